The maximum atomic E-state index is 13.6. The molecule has 0 saturated heterocycles. The fourth-order valence-corrected chi connectivity index (χ4v) is 2.40. The van der Waals surface area contributed by atoms with Crippen LogP contribution >= 0.6 is 11.6 Å². The van der Waals surface area contributed by atoms with Crippen molar-refractivity contribution in [1.29, 1.82) is 0 Å². The summed E-state index contributed by atoms with van der Waals surface area (Å²) in [4.78, 5) is 15.7. The molecule has 6 nitrogen and oxygen atoms in total. The van der Waals surface area contributed by atoms with Crippen molar-refractivity contribution in [3.63, 3.8) is 0 Å². The number of carbonyl (C=O) groups is 1. The number of nitrogens with two attached hydrogens (primary N) is 1. The standard InChI is InChI=1S/C17H14ClFN4O2/c1-9-2-3-10(6-13(9)19)17-22-15(25-23-17)8-21-14-7-11(18)4-5-12(14)16(20)24/h2-7,21H,8H2,1H3,(H2,20,24). The maximum Gasteiger partial charge on any atom is 0.250 e. The van der Waals surface area contributed by atoms with Crippen molar-refractivity contribution in [3.05, 3.63) is 64.3 Å². The monoisotopic (exact) mass is 360 g/mol. The van der Waals surface area contributed by atoms with Crippen LogP contribution in [0.5, 0.6) is 0 Å². The van der Waals surface area contributed by atoms with Gasteiger partial charge in [0.15, 0.2) is 0 Å². The Morgan fingerprint density at radius 1 is 1.32 bits per heavy atom. The van der Waals surface area contributed by atoms with Gasteiger partial charge in [-0.3, -0.25) is 4.79 Å². The molecule has 0 radical (unpaired) electrons. The average molecular weight is 361 g/mol. The Morgan fingerprint density at radius 2 is 2.12 bits per heavy atom. The van der Waals surface area contributed by atoms with E-state index < -0.39 is 5.91 Å². The van der Waals surface area contributed by atoms with Gasteiger partial charge in [0, 0.05) is 16.3 Å². The summed E-state index contributed by atoms with van der Waals surface area (Å²) in [6.07, 6.45) is 0. The molecule has 0 atom stereocenters. The number of anilines is 1. The molecule has 0 aliphatic rings. The molecule has 0 saturated carbocycles. The van der Waals surface area contributed by atoms with E-state index in [0.29, 0.717) is 27.4 Å². The summed E-state index contributed by atoms with van der Waals surface area (Å²) in [6, 6.07) is 9.38. The number of rotatable bonds is 5. The molecule has 0 bridgehead atoms. The molecule has 128 valence electrons. The number of aryl methyl sites for hydroxylation is 1. The molecule has 3 N–H and O–H groups in total. The molecule has 25 heavy (non-hydrogen) atoms. The van der Waals surface area contributed by atoms with E-state index in [1.807, 2.05) is 0 Å². The highest BCUT2D eigenvalue weighted by Crippen LogP contribution is 2.22. The molecule has 1 aromatic heterocycles. The van der Waals surface area contributed by atoms with E-state index in [1.54, 1.807) is 31.2 Å². The first-order chi connectivity index (χ1) is 11.9. The first-order valence-corrected chi connectivity index (χ1v) is 7.74. The second-order valence-corrected chi connectivity index (χ2v) is 5.82. The fourth-order valence-electron chi connectivity index (χ4n) is 2.22. The number of hydrogen-bond donors (Lipinski definition) is 2. The summed E-state index contributed by atoms with van der Waals surface area (Å²) >= 11 is 5.94. The minimum atomic E-state index is -0.583. The van der Waals surface area contributed by atoms with Crippen LogP contribution in [0.25, 0.3) is 11.4 Å². The highest BCUT2D eigenvalue weighted by atomic mass is 35.5. The average Bonchev–Trinajstić information content (AvgIpc) is 3.04. The molecule has 0 fully saturated rings. The third kappa shape index (κ3) is 3.77. The highest BCUT2D eigenvalue weighted by molar-refractivity contribution is 6.31. The fraction of sp³-hybridized carbons (Fsp3) is 0.118. The molecular weight excluding hydrogens is 347 g/mol. The molecule has 2 aromatic carbocycles. The summed E-state index contributed by atoms with van der Waals surface area (Å²) in [6.45, 7) is 1.83. The molecule has 0 spiro atoms. The number of benzene rings is 2. The zero-order valence-electron chi connectivity index (χ0n) is 13.2. The zero-order chi connectivity index (χ0) is 18.0. The lowest BCUT2D eigenvalue weighted by Gasteiger charge is -2.08. The first kappa shape index (κ1) is 16.9. The van der Waals surface area contributed by atoms with Gasteiger partial charge in [-0.25, -0.2) is 4.39 Å². The third-order valence-electron chi connectivity index (χ3n) is 3.58. The smallest absolute Gasteiger partial charge is 0.250 e. The second-order valence-electron chi connectivity index (χ2n) is 5.38. The van der Waals surface area contributed by atoms with Gasteiger partial charge in [0.1, 0.15) is 5.82 Å². The van der Waals surface area contributed by atoms with E-state index in [0.717, 1.165) is 0 Å². The van der Waals surface area contributed by atoms with Crippen LogP contribution in [0.4, 0.5) is 10.1 Å². The number of carbonyl (C=O) groups excluding carboxylic acids is 1. The summed E-state index contributed by atoms with van der Waals surface area (Å²) in [5.41, 5.74) is 7.14. The number of hydrogen-bond acceptors (Lipinski definition) is 5. The summed E-state index contributed by atoms with van der Waals surface area (Å²) < 4.78 is 18.8. The molecule has 1 heterocycles. The number of amides is 1. The van der Waals surface area contributed by atoms with Crippen molar-refractivity contribution >= 4 is 23.2 Å². The lowest BCUT2D eigenvalue weighted by atomic mass is 10.1. The van der Waals surface area contributed by atoms with Crippen LogP contribution in [-0.2, 0) is 6.54 Å². The van der Waals surface area contributed by atoms with Crippen LogP contribution in [0.2, 0.25) is 5.02 Å². The number of nitrogens with zero attached hydrogens (tertiary/aromatic N) is 2. The predicted molar refractivity (Wildman–Crippen MR) is 91.7 cm³/mol. The van der Waals surface area contributed by atoms with Crippen LogP contribution < -0.4 is 11.1 Å². The Bertz CT molecular complexity index is 942. The van der Waals surface area contributed by atoms with E-state index in [4.69, 9.17) is 21.9 Å². The Morgan fingerprint density at radius 3 is 2.84 bits per heavy atom. The minimum Gasteiger partial charge on any atom is -0.375 e. The second kappa shape index (κ2) is 6.90. The summed E-state index contributed by atoms with van der Waals surface area (Å²) in [5.74, 6) is -0.379. The Labute approximate surface area is 147 Å². The Balaban J connectivity index is 1.77. The van der Waals surface area contributed by atoms with Crippen molar-refractivity contribution < 1.29 is 13.7 Å². The lowest BCUT2D eigenvalue weighted by molar-refractivity contribution is 0.100. The SMILES string of the molecule is Cc1ccc(-c2noc(CNc3cc(Cl)ccc3C(N)=O)n2)cc1F. The summed E-state index contributed by atoms with van der Waals surface area (Å²) in [5, 5.41) is 7.27. The van der Waals surface area contributed by atoms with Crippen LogP contribution in [-0.4, -0.2) is 16.0 Å². The van der Waals surface area contributed by atoms with E-state index >= 15 is 0 Å². The topological polar surface area (TPSA) is 94.0 Å². The van der Waals surface area contributed by atoms with Crippen molar-refractivity contribution in [2.45, 2.75) is 13.5 Å². The minimum absolute atomic E-state index is 0.155. The number of aromatic nitrogens is 2. The van der Waals surface area contributed by atoms with Gasteiger partial charge in [0.2, 0.25) is 11.7 Å². The van der Waals surface area contributed by atoms with Crippen LogP contribution in [0.1, 0.15) is 21.8 Å². The van der Waals surface area contributed by atoms with Gasteiger partial charge < -0.3 is 15.6 Å². The largest absolute Gasteiger partial charge is 0.375 e. The molecule has 3 rings (SSSR count). The molecule has 1 amide bonds. The lowest BCUT2D eigenvalue weighted by Crippen LogP contribution is -2.14. The maximum absolute atomic E-state index is 13.6. The van der Waals surface area contributed by atoms with E-state index in [-0.39, 0.29) is 24.1 Å². The molecular formula is C17H14ClFN4O2. The number of halogens is 2. The van der Waals surface area contributed by atoms with Crippen molar-refractivity contribution in [1.82, 2.24) is 10.1 Å². The summed E-state index contributed by atoms with van der Waals surface area (Å²) in [7, 11) is 0. The van der Waals surface area contributed by atoms with Crippen molar-refractivity contribution in [2.24, 2.45) is 5.73 Å². The van der Waals surface area contributed by atoms with E-state index in [1.165, 1.54) is 12.1 Å². The van der Waals surface area contributed by atoms with Gasteiger partial charge in [-0.1, -0.05) is 28.9 Å². The Kier molecular flexibility index (Phi) is 4.67. The van der Waals surface area contributed by atoms with Gasteiger partial charge in [0.05, 0.1) is 12.1 Å². The number of primary amides is 1. The molecule has 0 aliphatic heterocycles. The quantitative estimate of drug-likeness (QED) is 0.725. The normalized spacial score (nSPS) is 10.7. The molecule has 3 aromatic rings. The van der Waals surface area contributed by atoms with Gasteiger partial charge >= 0.3 is 0 Å². The Hall–Kier alpha value is -2.93. The molecule has 8 heteroatoms. The third-order valence-corrected chi connectivity index (χ3v) is 3.81. The van der Waals surface area contributed by atoms with Gasteiger partial charge in [-0.2, -0.15) is 4.98 Å². The van der Waals surface area contributed by atoms with Gasteiger partial charge in [-0.05, 0) is 36.8 Å². The van der Waals surface area contributed by atoms with Gasteiger partial charge in [0.25, 0.3) is 5.91 Å². The predicted octanol–water partition coefficient (Wildman–Crippen LogP) is 3.55. The van der Waals surface area contributed by atoms with Gasteiger partial charge in [-0.15, -0.1) is 0 Å². The van der Waals surface area contributed by atoms with Crippen LogP contribution in [0, 0.1) is 12.7 Å². The van der Waals surface area contributed by atoms with Crippen molar-refractivity contribution in [3.8, 4) is 11.4 Å². The van der Waals surface area contributed by atoms with Crippen LogP contribution in [0.3, 0.4) is 0 Å². The zero-order valence-corrected chi connectivity index (χ0v) is 14.0. The highest BCUT2D eigenvalue weighted by Gasteiger charge is 2.12. The van der Waals surface area contributed by atoms with E-state index in [2.05, 4.69) is 15.5 Å². The molecule has 0 unspecified atom stereocenters. The van der Waals surface area contributed by atoms with E-state index in [9.17, 15) is 9.18 Å². The molecule has 0 aliphatic carbocycles. The van der Waals surface area contributed by atoms with Crippen LogP contribution in [0.15, 0.2) is 40.9 Å². The first-order valence-electron chi connectivity index (χ1n) is 7.36. The number of nitrogens with one attached hydrogen (secondary N) is 1. The van der Waals surface area contributed by atoms with Crippen molar-refractivity contribution in [2.75, 3.05) is 5.32 Å².